The maximum Gasteiger partial charge on any atom is 0.251 e. The molecule has 0 saturated heterocycles. The topological polar surface area (TPSA) is 79.3 Å². The first-order valence-corrected chi connectivity index (χ1v) is 13.4. The Morgan fingerprint density at radius 2 is 1.83 bits per heavy atom. The number of aliphatic hydroxyl groups is 1. The molecule has 5 nitrogen and oxygen atoms in total. The Bertz CT molecular complexity index is 1250. The lowest BCUT2D eigenvalue weighted by molar-refractivity contribution is -0.114. The van der Waals surface area contributed by atoms with Gasteiger partial charge in [-0.05, 0) is 108 Å². The fourth-order valence-corrected chi connectivity index (χ4v) is 7.58. The van der Waals surface area contributed by atoms with E-state index < -0.39 is 0 Å². The molecule has 0 spiro atoms. The molecule has 0 bridgehead atoms. The Morgan fingerprint density at radius 1 is 1.06 bits per heavy atom. The number of ketones is 1. The molecule has 2 aromatic rings. The number of carbonyl (C=O) groups excluding carboxylic acids is 2. The van der Waals surface area contributed by atoms with Crippen molar-refractivity contribution in [2.45, 2.75) is 70.4 Å². The second-order valence-corrected chi connectivity index (χ2v) is 11.3. The highest BCUT2D eigenvalue weighted by atomic mass is 16.3. The molecule has 4 aliphatic rings. The number of carbonyl (C=O) groups is 2. The van der Waals surface area contributed by atoms with Crippen LogP contribution < -0.4 is 5.32 Å². The molecule has 2 fully saturated rings. The zero-order chi connectivity index (χ0) is 24.9. The van der Waals surface area contributed by atoms with Crippen LogP contribution in [-0.2, 0) is 11.3 Å². The van der Waals surface area contributed by atoms with Gasteiger partial charge in [-0.3, -0.25) is 14.6 Å². The summed E-state index contributed by atoms with van der Waals surface area (Å²) < 4.78 is 0. The van der Waals surface area contributed by atoms with Crippen LogP contribution in [0.5, 0.6) is 0 Å². The maximum absolute atomic E-state index is 12.8. The van der Waals surface area contributed by atoms with Gasteiger partial charge in [-0.2, -0.15) is 0 Å². The lowest BCUT2D eigenvalue weighted by Crippen LogP contribution is -2.45. The normalized spacial score (nSPS) is 31.3. The van der Waals surface area contributed by atoms with Gasteiger partial charge in [-0.1, -0.05) is 24.6 Å². The van der Waals surface area contributed by atoms with E-state index in [1.807, 2.05) is 30.3 Å². The summed E-state index contributed by atoms with van der Waals surface area (Å²) in [4.78, 5) is 29.0. The average Bonchev–Trinajstić information content (AvgIpc) is 3.21. The van der Waals surface area contributed by atoms with Crippen molar-refractivity contribution >= 4 is 11.7 Å². The van der Waals surface area contributed by atoms with Crippen LogP contribution in [0.25, 0.3) is 0 Å². The number of allylic oxidation sites excluding steroid dienone is 4. The number of nitrogens with zero attached hydrogens (tertiary/aromatic N) is 1. The zero-order valence-corrected chi connectivity index (χ0v) is 20.9. The summed E-state index contributed by atoms with van der Waals surface area (Å²) in [5.74, 6) is 1.35. The van der Waals surface area contributed by atoms with Crippen molar-refractivity contribution in [3.8, 4) is 0 Å². The SMILES string of the molecule is CC12CC(c3ccc(C(=O)NCc4ccncc4)cc3)C3=C4CCC(=O)C=C4CCC3C1CCC2O. The monoisotopic (exact) mass is 482 g/mol. The summed E-state index contributed by atoms with van der Waals surface area (Å²) in [5, 5.41) is 14.0. The number of aliphatic hydroxyl groups excluding tert-OH is 1. The number of nitrogens with one attached hydrogen (secondary N) is 1. The van der Waals surface area contributed by atoms with E-state index in [2.05, 4.69) is 29.4 Å². The molecule has 6 rings (SSSR count). The Kier molecular flexibility index (Phi) is 5.91. The van der Waals surface area contributed by atoms with Gasteiger partial charge in [-0.15, -0.1) is 0 Å². The molecule has 36 heavy (non-hydrogen) atoms. The fraction of sp³-hybridized carbons (Fsp3) is 0.452. The third-order valence-corrected chi connectivity index (χ3v) is 9.46. The number of pyridine rings is 1. The molecule has 5 heteroatoms. The molecule has 1 aromatic heterocycles. The molecule has 1 aromatic carbocycles. The van der Waals surface area contributed by atoms with Crippen LogP contribution in [0.4, 0.5) is 0 Å². The standard InChI is InChI=1S/C31H34N2O3/c1-31-17-26(20-2-4-21(5-3-20)30(36)33-18-19-12-14-32-15-13-19)29-24-9-7-23(34)16-22(24)6-8-25(29)27(31)10-11-28(31)35/h2-5,12-16,25-28,35H,6-11,17-18H2,1H3,(H,33,36). The van der Waals surface area contributed by atoms with Gasteiger partial charge in [0.2, 0.25) is 0 Å². The Hall–Kier alpha value is -3.05. The van der Waals surface area contributed by atoms with Crippen molar-refractivity contribution in [2.24, 2.45) is 17.3 Å². The molecule has 0 radical (unpaired) electrons. The Labute approximate surface area is 212 Å². The smallest absolute Gasteiger partial charge is 0.251 e. The van der Waals surface area contributed by atoms with Gasteiger partial charge in [0.1, 0.15) is 0 Å². The maximum atomic E-state index is 12.8. The van der Waals surface area contributed by atoms with E-state index in [0.717, 1.165) is 44.1 Å². The second-order valence-electron chi connectivity index (χ2n) is 11.3. The minimum absolute atomic E-state index is 0.0890. The summed E-state index contributed by atoms with van der Waals surface area (Å²) in [6.45, 7) is 2.76. The van der Waals surface area contributed by atoms with Crippen LogP contribution in [0, 0.1) is 17.3 Å². The van der Waals surface area contributed by atoms with E-state index in [1.54, 1.807) is 12.4 Å². The van der Waals surface area contributed by atoms with Crippen molar-refractivity contribution in [3.05, 3.63) is 88.3 Å². The molecular weight excluding hydrogens is 448 g/mol. The van der Waals surface area contributed by atoms with Crippen LogP contribution in [0.3, 0.4) is 0 Å². The van der Waals surface area contributed by atoms with Crippen molar-refractivity contribution < 1.29 is 14.7 Å². The number of hydrogen-bond donors (Lipinski definition) is 2. The predicted octanol–water partition coefficient (Wildman–Crippen LogP) is 5.27. The van der Waals surface area contributed by atoms with Gasteiger partial charge in [0.05, 0.1) is 6.10 Å². The first-order chi connectivity index (χ1) is 17.4. The first kappa shape index (κ1) is 23.4. The molecule has 1 amide bonds. The highest BCUT2D eigenvalue weighted by Crippen LogP contribution is 2.63. The summed E-state index contributed by atoms with van der Waals surface area (Å²) in [7, 11) is 0. The Balaban J connectivity index is 1.31. The molecule has 186 valence electrons. The number of amides is 1. The number of fused-ring (bicyclic) bond motifs is 4. The van der Waals surface area contributed by atoms with Gasteiger partial charge in [0, 0.05) is 36.8 Å². The highest BCUT2D eigenvalue weighted by Gasteiger charge is 2.56. The van der Waals surface area contributed by atoms with Crippen LogP contribution in [-0.4, -0.2) is 27.9 Å². The molecule has 5 atom stereocenters. The minimum atomic E-state index is -0.264. The second kappa shape index (κ2) is 9.11. The van der Waals surface area contributed by atoms with Crippen molar-refractivity contribution in [1.29, 1.82) is 0 Å². The number of hydrogen-bond acceptors (Lipinski definition) is 4. The molecule has 1 heterocycles. The van der Waals surface area contributed by atoms with E-state index in [1.165, 1.54) is 22.3 Å². The van der Waals surface area contributed by atoms with Crippen molar-refractivity contribution in [1.82, 2.24) is 10.3 Å². The van der Waals surface area contributed by atoms with Crippen molar-refractivity contribution in [2.75, 3.05) is 0 Å². The number of aromatic nitrogens is 1. The molecular formula is C31H34N2O3. The van der Waals surface area contributed by atoms with E-state index in [0.29, 0.717) is 30.4 Å². The average molecular weight is 483 g/mol. The summed E-state index contributed by atoms with van der Waals surface area (Å²) in [5.41, 5.74) is 6.97. The summed E-state index contributed by atoms with van der Waals surface area (Å²) in [6, 6.07) is 11.9. The van der Waals surface area contributed by atoms with Gasteiger partial charge in [0.25, 0.3) is 5.91 Å². The Morgan fingerprint density at radius 3 is 2.61 bits per heavy atom. The van der Waals surface area contributed by atoms with E-state index >= 15 is 0 Å². The fourth-order valence-electron chi connectivity index (χ4n) is 7.58. The molecule has 2 saturated carbocycles. The van der Waals surface area contributed by atoms with Crippen molar-refractivity contribution in [3.63, 3.8) is 0 Å². The predicted molar refractivity (Wildman–Crippen MR) is 138 cm³/mol. The van der Waals surface area contributed by atoms with Crippen LogP contribution in [0.1, 0.15) is 79.3 Å². The third kappa shape index (κ3) is 3.94. The van der Waals surface area contributed by atoms with E-state index in [-0.39, 0.29) is 29.1 Å². The first-order valence-electron chi connectivity index (χ1n) is 13.4. The molecule has 5 unspecified atom stereocenters. The van der Waals surface area contributed by atoms with Crippen LogP contribution in [0.2, 0.25) is 0 Å². The molecule has 2 N–H and O–H groups in total. The molecule has 0 aliphatic heterocycles. The third-order valence-electron chi connectivity index (χ3n) is 9.46. The van der Waals surface area contributed by atoms with E-state index in [4.69, 9.17) is 0 Å². The largest absolute Gasteiger partial charge is 0.393 e. The van der Waals surface area contributed by atoms with Crippen LogP contribution in [0.15, 0.2) is 71.6 Å². The van der Waals surface area contributed by atoms with Gasteiger partial charge in [0.15, 0.2) is 5.78 Å². The number of benzene rings is 1. The number of rotatable bonds is 4. The van der Waals surface area contributed by atoms with E-state index in [9.17, 15) is 14.7 Å². The zero-order valence-electron chi connectivity index (χ0n) is 20.9. The summed E-state index contributed by atoms with van der Waals surface area (Å²) >= 11 is 0. The lowest BCUT2D eigenvalue weighted by Gasteiger charge is -2.52. The quantitative estimate of drug-likeness (QED) is 0.622. The lowest BCUT2D eigenvalue weighted by atomic mass is 9.53. The van der Waals surface area contributed by atoms with Gasteiger partial charge >= 0.3 is 0 Å². The van der Waals surface area contributed by atoms with Gasteiger partial charge in [-0.25, -0.2) is 0 Å². The van der Waals surface area contributed by atoms with Gasteiger partial charge < -0.3 is 10.4 Å². The highest BCUT2D eigenvalue weighted by molar-refractivity contribution is 5.94. The van der Waals surface area contributed by atoms with Crippen LogP contribution >= 0.6 is 0 Å². The minimum Gasteiger partial charge on any atom is -0.393 e. The molecule has 4 aliphatic carbocycles. The summed E-state index contributed by atoms with van der Waals surface area (Å²) in [6.07, 6.45) is 11.4.